The van der Waals surface area contributed by atoms with Crippen LogP contribution < -0.4 is 0 Å². The second-order valence-corrected chi connectivity index (χ2v) is 3.17. The first kappa shape index (κ1) is 12.9. The summed E-state index contributed by atoms with van der Waals surface area (Å²) in [5.41, 5.74) is 0. The van der Waals surface area contributed by atoms with Crippen molar-refractivity contribution in [3.63, 3.8) is 0 Å². The number of ether oxygens (including phenoxy) is 2. The zero-order valence-electron chi connectivity index (χ0n) is 9.04. The Morgan fingerprint density at radius 2 is 1.79 bits per heavy atom. The minimum absolute atomic E-state index is 0.0521. The lowest BCUT2D eigenvalue weighted by Gasteiger charge is -2.08. The van der Waals surface area contributed by atoms with E-state index < -0.39 is 0 Å². The second-order valence-electron chi connectivity index (χ2n) is 3.17. The molecule has 0 rings (SSSR count). The van der Waals surface area contributed by atoms with Gasteiger partial charge >= 0.3 is 11.9 Å². The molecule has 0 heterocycles. The molecule has 0 aliphatic rings. The van der Waals surface area contributed by atoms with Crippen LogP contribution in [-0.4, -0.2) is 25.2 Å². The van der Waals surface area contributed by atoms with Gasteiger partial charge in [-0.15, -0.1) is 0 Å². The summed E-state index contributed by atoms with van der Waals surface area (Å²) in [7, 11) is 0. The van der Waals surface area contributed by atoms with Gasteiger partial charge in [0.25, 0.3) is 0 Å². The lowest BCUT2D eigenvalue weighted by Crippen LogP contribution is -2.15. The molecule has 0 aliphatic heterocycles. The molecule has 1 atom stereocenters. The molecule has 0 aromatic carbocycles. The standard InChI is InChI=1S/C10H18O4/c1-4-8(2)10(12)14-7-5-6-13-9(3)11/h8H,4-7H2,1-3H3. The van der Waals surface area contributed by atoms with Gasteiger partial charge in [0.05, 0.1) is 19.1 Å². The van der Waals surface area contributed by atoms with Gasteiger partial charge < -0.3 is 9.47 Å². The van der Waals surface area contributed by atoms with Crippen molar-refractivity contribution in [2.24, 2.45) is 5.92 Å². The zero-order chi connectivity index (χ0) is 11.0. The molecule has 4 nitrogen and oxygen atoms in total. The molecule has 0 saturated carbocycles. The highest BCUT2D eigenvalue weighted by Gasteiger charge is 2.10. The summed E-state index contributed by atoms with van der Waals surface area (Å²) in [6, 6.07) is 0. The summed E-state index contributed by atoms with van der Waals surface area (Å²) in [4.78, 5) is 21.5. The summed E-state index contributed by atoms with van der Waals surface area (Å²) >= 11 is 0. The Kier molecular flexibility index (Phi) is 6.80. The number of esters is 2. The molecule has 0 radical (unpaired) electrons. The lowest BCUT2D eigenvalue weighted by atomic mass is 10.1. The number of rotatable bonds is 6. The molecule has 82 valence electrons. The van der Waals surface area contributed by atoms with E-state index in [-0.39, 0.29) is 17.9 Å². The Balaban J connectivity index is 3.36. The largest absolute Gasteiger partial charge is 0.466 e. The predicted octanol–water partition coefficient (Wildman–Crippen LogP) is 1.53. The van der Waals surface area contributed by atoms with Crippen LogP contribution in [0.2, 0.25) is 0 Å². The van der Waals surface area contributed by atoms with Crippen LogP contribution in [0.25, 0.3) is 0 Å². The van der Waals surface area contributed by atoms with Crippen molar-refractivity contribution >= 4 is 11.9 Å². The molecule has 0 saturated heterocycles. The Labute approximate surface area is 84.6 Å². The smallest absolute Gasteiger partial charge is 0.308 e. The number of carbonyl (C=O) groups excluding carboxylic acids is 2. The maximum atomic E-state index is 11.1. The lowest BCUT2D eigenvalue weighted by molar-refractivity contribution is -0.148. The highest BCUT2D eigenvalue weighted by Crippen LogP contribution is 2.03. The van der Waals surface area contributed by atoms with Gasteiger partial charge in [-0.25, -0.2) is 0 Å². The average Bonchev–Trinajstić information content (AvgIpc) is 2.15. The van der Waals surface area contributed by atoms with Crippen LogP contribution in [-0.2, 0) is 19.1 Å². The van der Waals surface area contributed by atoms with Crippen molar-refractivity contribution < 1.29 is 19.1 Å². The number of hydrogen-bond donors (Lipinski definition) is 0. The van der Waals surface area contributed by atoms with Crippen LogP contribution in [0, 0.1) is 5.92 Å². The van der Waals surface area contributed by atoms with Gasteiger partial charge in [-0.2, -0.15) is 0 Å². The quantitative estimate of drug-likeness (QED) is 0.484. The molecule has 0 aromatic rings. The van der Waals surface area contributed by atoms with Crippen LogP contribution >= 0.6 is 0 Å². The third-order valence-corrected chi connectivity index (χ3v) is 1.85. The molecule has 0 aromatic heterocycles. The predicted molar refractivity (Wildman–Crippen MR) is 51.7 cm³/mol. The molecular weight excluding hydrogens is 184 g/mol. The van der Waals surface area contributed by atoms with Crippen molar-refractivity contribution in [2.75, 3.05) is 13.2 Å². The van der Waals surface area contributed by atoms with E-state index in [1.807, 2.05) is 13.8 Å². The highest BCUT2D eigenvalue weighted by atomic mass is 16.5. The van der Waals surface area contributed by atoms with E-state index in [4.69, 9.17) is 4.74 Å². The van der Waals surface area contributed by atoms with E-state index in [1.165, 1.54) is 6.92 Å². The summed E-state index contributed by atoms with van der Waals surface area (Å²) in [5, 5.41) is 0. The Hall–Kier alpha value is -1.06. The van der Waals surface area contributed by atoms with Gasteiger partial charge in [-0.1, -0.05) is 13.8 Å². The number of hydrogen-bond acceptors (Lipinski definition) is 4. The summed E-state index contributed by atoms with van der Waals surface area (Å²) in [5.74, 6) is -0.544. The monoisotopic (exact) mass is 202 g/mol. The number of carbonyl (C=O) groups is 2. The maximum absolute atomic E-state index is 11.1. The van der Waals surface area contributed by atoms with Crippen LogP contribution in [0.15, 0.2) is 0 Å². The molecule has 4 heteroatoms. The van der Waals surface area contributed by atoms with E-state index in [0.29, 0.717) is 19.6 Å². The Bertz CT molecular complexity index is 189. The topological polar surface area (TPSA) is 52.6 Å². The first-order chi connectivity index (χ1) is 6.57. The van der Waals surface area contributed by atoms with Crippen LogP contribution in [0.1, 0.15) is 33.6 Å². The van der Waals surface area contributed by atoms with Crippen molar-refractivity contribution in [1.29, 1.82) is 0 Å². The molecule has 0 bridgehead atoms. The fourth-order valence-corrected chi connectivity index (χ4v) is 0.757. The molecule has 14 heavy (non-hydrogen) atoms. The van der Waals surface area contributed by atoms with E-state index >= 15 is 0 Å². The molecule has 0 spiro atoms. The van der Waals surface area contributed by atoms with Gasteiger partial charge in [-0.3, -0.25) is 9.59 Å². The van der Waals surface area contributed by atoms with E-state index in [9.17, 15) is 9.59 Å². The summed E-state index contributed by atoms with van der Waals surface area (Å²) in [6.45, 7) is 5.74. The van der Waals surface area contributed by atoms with Crippen molar-refractivity contribution in [3.05, 3.63) is 0 Å². The van der Waals surface area contributed by atoms with Crippen molar-refractivity contribution in [2.45, 2.75) is 33.6 Å². The zero-order valence-corrected chi connectivity index (χ0v) is 9.04. The molecule has 0 fully saturated rings. The fraction of sp³-hybridized carbons (Fsp3) is 0.800. The van der Waals surface area contributed by atoms with Gasteiger partial charge in [0.1, 0.15) is 0 Å². The average molecular weight is 202 g/mol. The van der Waals surface area contributed by atoms with Crippen molar-refractivity contribution in [3.8, 4) is 0 Å². The third-order valence-electron chi connectivity index (χ3n) is 1.85. The molecular formula is C10H18O4. The van der Waals surface area contributed by atoms with Gasteiger partial charge in [0.2, 0.25) is 0 Å². The van der Waals surface area contributed by atoms with Gasteiger partial charge in [0, 0.05) is 13.3 Å². The van der Waals surface area contributed by atoms with E-state index in [0.717, 1.165) is 6.42 Å². The Morgan fingerprint density at radius 1 is 1.21 bits per heavy atom. The molecule has 0 aliphatic carbocycles. The molecule has 0 N–H and O–H groups in total. The normalized spacial score (nSPS) is 11.9. The van der Waals surface area contributed by atoms with Crippen molar-refractivity contribution in [1.82, 2.24) is 0 Å². The van der Waals surface area contributed by atoms with Crippen LogP contribution in [0.5, 0.6) is 0 Å². The maximum Gasteiger partial charge on any atom is 0.308 e. The van der Waals surface area contributed by atoms with Gasteiger partial charge in [0.15, 0.2) is 0 Å². The molecule has 1 unspecified atom stereocenters. The third kappa shape index (κ3) is 6.46. The minimum Gasteiger partial charge on any atom is -0.466 e. The fourth-order valence-electron chi connectivity index (χ4n) is 0.757. The SMILES string of the molecule is CCC(C)C(=O)OCCCOC(C)=O. The van der Waals surface area contributed by atoms with Crippen LogP contribution in [0.4, 0.5) is 0 Å². The van der Waals surface area contributed by atoms with E-state index in [2.05, 4.69) is 4.74 Å². The summed E-state index contributed by atoms with van der Waals surface area (Å²) < 4.78 is 9.63. The second kappa shape index (κ2) is 7.35. The van der Waals surface area contributed by atoms with E-state index in [1.54, 1.807) is 0 Å². The first-order valence-electron chi connectivity index (χ1n) is 4.88. The van der Waals surface area contributed by atoms with Crippen LogP contribution in [0.3, 0.4) is 0 Å². The summed E-state index contributed by atoms with van der Waals surface area (Å²) in [6.07, 6.45) is 1.34. The molecule has 0 amide bonds. The minimum atomic E-state index is -0.307. The Morgan fingerprint density at radius 3 is 2.29 bits per heavy atom. The first-order valence-corrected chi connectivity index (χ1v) is 4.88. The highest BCUT2D eigenvalue weighted by molar-refractivity contribution is 5.71. The van der Waals surface area contributed by atoms with Gasteiger partial charge in [-0.05, 0) is 6.42 Å².